The predicted molar refractivity (Wildman–Crippen MR) is 69.4 cm³/mol. The highest BCUT2D eigenvalue weighted by atomic mass is 19.4. The molecule has 0 fully saturated rings. The first-order valence-electron chi connectivity index (χ1n) is 6.09. The van der Waals surface area contributed by atoms with Crippen molar-refractivity contribution < 1.29 is 17.9 Å². The van der Waals surface area contributed by atoms with Crippen molar-refractivity contribution in [3.8, 4) is 5.88 Å². The molecule has 8 heteroatoms. The Bertz CT molecular complexity index is 449. The highest BCUT2D eigenvalue weighted by Gasteiger charge is 2.28. The molecule has 0 saturated carbocycles. The van der Waals surface area contributed by atoms with Gasteiger partial charge in [-0.15, -0.1) is 0 Å². The first kappa shape index (κ1) is 16.1. The van der Waals surface area contributed by atoms with Crippen molar-refractivity contribution in [2.75, 3.05) is 13.2 Å². The molecule has 0 atom stereocenters. The minimum Gasteiger partial charge on any atom is -0.468 e. The fraction of sp³-hybridized carbons (Fsp3) is 0.500. The second-order valence-electron chi connectivity index (χ2n) is 4.03. The molecule has 0 aliphatic heterocycles. The zero-order chi connectivity index (χ0) is 15.0. The molecular formula is C12H17F3N4O. The number of guanidine groups is 1. The van der Waals surface area contributed by atoms with Crippen LogP contribution in [0.5, 0.6) is 5.88 Å². The van der Waals surface area contributed by atoms with E-state index in [1.54, 1.807) is 6.07 Å². The second-order valence-corrected chi connectivity index (χ2v) is 4.03. The molecule has 3 N–H and O–H groups in total. The molecular weight excluding hydrogens is 273 g/mol. The summed E-state index contributed by atoms with van der Waals surface area (Å²) >= 11 is 0. The average molecular weight is 290 g/mol. The van der Waals surface area contributed by atoms with Crippen molar-refractivity contribution >= 4 is 5.96 Å². The summed E-state index contributed by atoms with van der Waals surface area (Å²) in [5.74, 6) is 0.205. The van der Waals surface area contributed by atoms with Crippen LogP contribution < -0.4 is 15.8 Å². The molecule has 0 aliphatic carbocycles. The third-order valence-electron chi connectivity index (χ3n) is 2.17. The fourth-order valence-electron chi connectivity index (χ4n) is 1.27. The van der Waals surface area contributed by atoms with E-state index in [0.717, 1.165) is 6.42 Å². The molecule has 0 amide bonds. The number of alkyl halides is 3. The molecule has 20 heavy (non-hydrogen) atoms. The number of aromatic nitrogens is 1. The quantitative estimate of drug-likeness (QED) is 0.619. The lowest BCUT2D eigenvalue weighted by atomic mass is 10.3. The van der Waals surface area contributed by atoms with Crippen molar-refractivity contribution in [1.82, 2.24) is 10.3 Å². The van der Waals surface area contributed by atoms with Gasteiger partial charge >= 0.3 is 6.18 Å². The Kier molecular flexibility index (Phi) is 6.08. The van der Waals surface area contributed by atoms with E-state index in [1.165, 1.54) is 12.3 Å². The third-order valence-corrected chi connectivity index (χ3v) is 2.17. The summed E-state index contributed by atoms with van der Waals surface area (Å²) in [5, 5.41) is 2.89. The van der Waals surface area contributed by atoms with Gasteiger partial charge in [0.25, 0.3) is 0 Å². The van der Waals surface area contributed by atoms with Crippen molar-refractivity contribution in [2.45, 2.75) is 26.1 Å². The number of hydrogen-bond acceptors (Lipinski definition) is 3. The minimum absolute atomic E-state index is 0.0879. The maximum atomic E-state index is 12.0. The molecule has 0 saturated heterocycles. The molecule has 0 bridgehead atoms. The summed E-state index contributed by atoms with van der Waals surface area (Å²) in [6.45, 7) is 1.58. The Morgan fingerprint density at radius 3 is 2.90 bits per heavy atom. The second kappa shape index (κ2) is 7.56. The van der Waals surface area contributed by atoms with Crippen LogP contribution in [0.4, 0.5) is 13.2 Å². The van der Waals surface area contributed by atoms with Gasteiger partial charge in [0.05, 0.1) is 6.54 Å². The monoisotopic (exact) mass is 290 g/mol. The number of hydrogen-bond donors (Lipinski definition) is 2. The third kappa shape index (κ3) is 6.81. The minimum atomic E-state index is -4.38. The molecule has 1 aromatic heterocycles. The van der Waals surface area contributed by atoms with E-state index in [9.17, 15) is 13.2 Å². The molecule has 0 radical (unpaired) electrons. The Labute approximate surface area is 115 Å². The van der Waals surface area contributed by atoms with Gasteiger partial charge in [-0.25, -0.2) is 9.98 Å². The van der Waals surface area contributed by atoms with Gasteiger partial charge in [0.15, 0.2) is 12.6 Å². The topological polar surface area (TPSA) is 72.5 Å². The number of halogens is 3. The molecule has 0 aromatic carbocycles. The normalized spacial score (nSPS) is 12.3. The molecule has 1 heterocycles. The summed E-state index contributed by atoms with van der Waals surface area (Å²) in [5.41, 5.74) is 6.27. The lowest BCUT2D eigenvalue weighted by Crippen LogP contribution is -2.32. The number of aliphatic imine (C=N–C) groups is 1. The number of pyridine rings is 1. The molecule has 112 valence electrons. The first-order chi connectivity index (χ1) is 9.40. The number of rotatable bonds is 6. The molecule has 5 nitrogen and oxygen atoms in total. The van der Waals surface area contributed by atoms with Gasteiger partial charge in [-0.3, -0.25) is 0 Å². The van der Waals surface area contributed by atoms with Crippen LogP contribution in [0.15, 0.2) is 23.3 Å². The summed E-state index contributed by atoms with van der Waals surface area (Å²) in [4.78, 5) is 7.76. The summed E-state index contributed by atoms with van der Waals surface area (Å²) < 4.78 is 40.6. The predicted octanol–water partition coefficient (Wildman–Crippen LogP) is 1.84. The largest absolute Gasteiger partial charge is 0.468 e. The Balaban J connectivity index is 2.55. The number of nitrogens with two attached hydrogens (primary N) is 1. The van der Waals surface area contributed by atoms with E-state index in [-0.39, 0.29) is 12.4 Å². The molecule has 0 spiro atoms. The van der Waals surface area contributed by atoms with E-state index in [0.29, 0.717) is 18.1 Å². The van der Waals surface area contributed by atoms with Crippen LogP contribution in [0.3, 0.4) is 0 Å². The summed E-state index contributed by atoms with van der Waals surface area (Å²) in [6, 6.07) is 3.04. The van der Waals surface area contributed by atoms with Gasteiger partial charge in [-0.1, -0.05) is 6.92 Å². The van der Waals surface area contributed by atoms with Crippen LogP contribution in [0.1, 0.15) is 18.9 Å². The van der Waals surface area contributed by atoms with Crippen LogP contribution in [0.25, 0.3) is 0 Å². The number of nitrogens with zero attached hydrogens (tertiary/aromatic N) is 2. The van der Waals surface area contributed by atoms with Gasteiger partial charge in [-0.05, 0) is 18.1 Å². The van der Waals surface area contributed by atoms with Gasteiger partial charge < -0.3 is 15.8 Å². The lowest BCUT2D eigenvalue weighted by molar-refractivity contribution is -0.154. The van der Waals surface area contributed by atoms with E-state index >= 15 is 0 Å². The van der Waals surface area contributed by atoms with Crippen molar-refractivity contribution in [3.63, 3.8) is 0 Å². The molecule has 0 aliphatic rings. The Hall–Kier alpha value is -1.99. The van der Waals surface area contributed by atoms with Crippen LogP contribution in [0, 0.1) is 0 Å². The van der Waals surface area contributed by atoms with E-state index in [1.807, 2.05) is 6.92 Å². The Morgan fingerprint density at radius 2 is 2.25 bits per heavy atom. The van der Waals surface area contributed by atoms with E-state index in [2.05, 4.69) is 20.0 Å². The van der Waals surface area contributed by atoms with Gasteiger partial charge in [0.2, 0.25) is 5.88 Å². The summed E-state index contributed by atoms with van der Waals surface area (Å²) in [7, 11) is 0. The zero-order valence-electron chi connectivity index (χ0n) is 11.1. The maximum absolute atomic E-state index is 12.0. The first-order valence-corrected chi connectivity index (χ1v) is 6.09. The molecule has 0 unspecified atom stereocenters. The average Bonchev–Trinajstić information content (AvgIpc) is 2.40. The van der Waals surface area contributed by atoms with E-state index in [4.69, 9.17) is 5.73 Å². The summed E-state index contributed by atoms with van der Waals surface area (Å²) in [6.07, 6.45) is -2.10. The van der Waals surface area contributed by atoms with Crippen LogP contribution in [0.2, 0.25) is 0 Å². The van der Waals surface area contributed by atoms with Gasteiger partial charge in [0, 0.05) is 18.8 Å². The zero-order valence-corrected chi connectivity index (χ0v) is 11.1. The van der Waals surface area contributed by atoms with Crippen molar-refractivity contribution in [3.05, 3.63) is 23.9 Å². The smallest absolute Gasteiger partial charge is 0.422 e. The van der Waals surface area contributed by atoms with Gasteiger partial charge in [-0.2, -0.15) is 13.2 Å². The van der Waals surface area contributed by atoms with Crippen molar-refractivity contribution in [2.24, 2.45) is 10.7 Å². The number of nitrogens with one attached hydrogen (secondary N) is 1. The Morgan fingerprint density at radius 1 is 1.50 bits per heavy atom. The fourth-order valence-corrected chi connectivity index (χ4v) is 1.27. The highest BCUT2D eigenvalue weighted by molar-refractivity contribution is 5.77. The van der Waals surface area contributed by atoms with Crippen LogP contribution in [-0.2, 0) is 6.54 Å². The van der Waals surface area contributed by atoms with Crippen LogP contribution >= 0.6 is 0 Å². The number of ether oxygens (including phenoxy) is 1. The van der Waals surface area contributed by atoms with Crippen LogP contribution in [-0.4, -0.2) is 30.3 Å². The van der Waals surface area contributed by atoms with Crippen molar-refractivity contribution in [1.29, 1.82) is 0 Å². The molecule has 1 rings (SSSR count). The SMILES string of the molecule is CCCNC(N)=NCc1ccnc(OCC(F)(F)F)c1. The highest BCUT2D eigenvalue weighted by Crippen LogP contribution is 2.17. The van der Waals surface area contributed by atoms with Gasteiger partial charge in [0.1, 0.15) is 0 Å². The van der Waals surface area contributed by atoms with E-state index < -0.39 is 12.8 Å². The lowest BCUT2D eigenvalue weighted by Gasteiger charge is -2.09. The standard InChI is InChI=1S/C12H17F3N4O/c1-2-4-18-11(16)19-7-9-3-5-17-10(6-9)20-8-12(13,14)15/h3,5-6H,2,4,7-8H2,1H3,(H3,16,18,19). The molecule has 1 aromatic rings. The maximum Gasteiger partial charge on any atom is 0.422 e.